The topological polar surface area (TPSA) is 61.4 Å². The van der Waals surface area contributed by atoms with Gasteiger partial charge in [-0.2, -0.15) is 0 Å². The summed E-state index contributed by atoms with van der Waals surface area (Å²) in [5.74, 6) is 0.441. The smallest absolute Gasteiger partial charge is 0.340 e. The Kier molecular flexibility index (Phi) is 5.77. The van der Waals surface area contributed by atoms with Crippen molar-refractivity contribution in [3.8, 4) is 5.75 Å². The van der Waals surface area contributed by atoms with Crippen molar-refractivity contribution in [2.45, 2.75) is 27.2 Å². The molecule has 35 heavy (non-hydrogen) atoms. The fourth-order valence-corrected chi connectivity index (χ4v) is 4.82. The van der Waals surface area contributed by atoms with Gasteiger partial charge >= 0.3 is 5.63 Å². The fraction of sp³-hybridized carbons (Fsp3) is 0.200. The molecule has 0 amide bonds. The fourth-order valence-electron chi connectivity index (χ4n) is 4.82. The summed E-state index contributed by atoms with van der Waals surface area (Å²) in [7, 11) is 1.96. The first-order valence-corrected chi connectivity index (χ1v) is 11.7. The predicted octanol–water partition coefficient (Wildman–Crippen LogP) is 6.06. The Morgan fingerprint density at radius 3 is 2.37 bits per heavy atom. The number of rotatable bonds is 6. The molecule has 2 aromatic heterocycles. The van der Waals surface area contributed by atoms with E-state index in [0.717, 1.165) is 33.1 Å². The molecule has 0 spiro atoms. The molecular formula is C30H27NO4. The minimum Gasteiger partial charge on any atom is -0.485 e. The number of aromatic nitrogens is 1. The third-order valence-electron chi connectivity index (χ3n) is 6.92. The second kappa shape index (κ2) is 8.91. The van der Waals surface area contributed by atoms with E-state index in [1.165, 1.54) is 0 Å². The number of ether oxygens (including phenoxy) is 1. The van der Waals surface area contributed by atoms with Crippen LogP contribution < -0.4 is 10.4 Å². The van der Waals surface area contributed by atoms with Crippen LogP contribution in [0.4, 0.5) is 0 Å². The van der Waals surface area contributed by atoms with E-state index in [1.807, 2.05) is 99.1 Å². The van der Waals surface area contributed by atoms with Gasteiger partial charge in [0, 0.05) is 52.1 Å². The molecule has 0 saturated carbocycles. The molecule has 0 aliphatic heterocycles. The SMILES string of the molecule is Cc1c(Cc2ccccc2)c(=O)oc2c(C)c(OCC(=O)c3c(C)n(C)c4ccccc34)ccc12. The lowest BCUT2D eigenvalue weighted by molar-refractivity contribution is 0.0922. The van der Waals surface area contributed by atoms with Crippen LogP contribution in [0.1, 0.15) is 38.3 Å². The van der Waals surface area contributed by atoms with Crippen LogP contribution >= 0.6 is 0 Å². The molecule has 2 heterocycles. The van der Waals surface area contributed by atoms with Gasteiger partial charge in [0.15, 0.2) is 6.61 Å². The summed E-state index contributed by atoms with van der Waals surface area (Å²) in [5, 5.41) is 1.79. The lowest BCUT2D eigenvalue weighted by Crippen LogP contribution is -2.14. The lowest BCUT2D eigenvalue weighted by atomic mass is 9.98. The largest absolute Gasteiger partial charge is 0.485 e. The van der Waals surface area contributed by atoms with Gasteiger partial charge in [-0.05, 0) is 50.1 Å². The maximum absolute atomic E-state index is 13.2. The lowest BCUT2D eigenvalue weighted by Gasteiger charge is -2.13. The van der Waals surface area contributed by atoms with Crippen LogP contribution in [-0.4, -0.2) is 17.0 Å². The molecule has 176 valence electrons. The van der Waals surface area contributed by atoms with Gasteiger partial charge in [-0.1, -0.05) is 48.5 Å². The summed E-state index contributed by atoms with van der Waals surface area (Å²) in [6.45, 7) is 5.64. The first-order chi connectivity index (χ1) is 16.9. The Labute approximate surface area is 203 Å². The standard InChI is InChI=1S/C30H27NO4/c1-18-22-14-15-27(19(2)29(22)35-30(33)24(18)16-21-10-6-5-7-11-21)34-17-26(32)28-20(3)31(4)25-13-9-8-12-23(25)28/h5-15H,16-17H2,1-4H3. The molecule has 0 atom stereocenters. The molecule has 5 nitrogen and oxygen atoms in total. The zero-order chi connectivity index (χ0) is 24.7. The van der Waals surface area contributed by atoms with Crippen molar-refractivity contribution in [2.24, 2.45) is 7.05 Å². The van der Waals surface area contributed by atoms with Gasteiger partial charge in [0.1, 0.15) is 11.3 Å². The highest BCUT2D eigenvalue weighted by atomic mass is 16.5. The van der Waals surface area contributed by atoms with Gasteiger partial charge in [0.25, 0.3) is 0 Å². The molecular weight excluding hydrogens is 438 g/mol. The van der Waals surface area contributed by atoms with E-state index >= 15 is 0 Å². The van der Waals surface area contributed by atoms with Gasteiger partial charge in [0.05, 0.1) is 0 Å². The zero-order valence-corrected chi connectivity index (χ0v) is 20.3. The first-order valence-electron chi connectivity index (χ1n) is 11.7. The maximum atomic E-state index is 13.2. The second-order valence-corrected chi connectivity index (χ2v) is 8.97. The maximum Gasteiger partial charge on any atom is 0.340 e. The Bertz CT molecular complexity index is 1640. The molecule has 0 aliphatic carbocycles. The Morgan fingerprint density at radius 2 is 1.60 bits per heavy atom. The van der Waals surface area contributed by atoms with E-state index in [2.05, 4.69) is 0 Å². The van der Waals surface area contributed by atoms with Crippen LogP contribution in [0.2, 0.25) is 0 Å². The van der Waals surface area contributed by atoms with Crippen molar-refractivity contribution < 1.29 is 13.9 Å². The summed E-state index contributed by atoms with van der Waals surface area (Å²) < 4.78 is 13.7. The van der Waals surface area contributed by atoms with Crippen LogP contribution in [0.15, 0.2) is 75.9 Å². The Balaban J connectivity index is 1.45. The number of nitrogens with zero attached hydrogens (tertiary/aromatic N) is 1. The summed E-state index contributed by atoms with van der Waals surface area (Å²) >= 11 is 0. The van der Waals surface area contributed by atoms with E-state index < -0.39 is 0 Å². The number of hydrogen-bond donors (Lipinski definition) is 0. The molecule has 0 saturated heterocycles. The molecule has 0 aliphatic rings. The quantitative estimate of drug-likeness (QED) is 0.226. The van der Waals surface area contributed by atoms with E-state index in [0.29, 0.717) is 34.4 Å². The van der Waals surface area contributed by atoms with Crippen molar-refractivity contribution in [1.29, 1.82) is 0 Å². The number of ketones is 1. The average Bonchev–Trinajstić information content (AvgIpc) is 3.12. The highest BCUT2D eigenvalue weighted by Crippen LogP contribution is 2.31. The zero-order valence-electron chi connectivity index (χ0n) is 20.3. The Morgan fingerprint density at radius 1 is 0.886 bits per heavy atom. The first kappa shape index (κ1) is 22.7. The second-order valence-electron chi connectivity index (χ2n) is 8.97. The summed E-state index contributed by atoms with van der Waals surface area (Å²) in [4.78, 5) is 26.0. The van der Waals surface area contributed by atoms with Crippen molar-refractivity contribution >= 4 is 27.7 Å². The Hall–Kier alpha value is -4.12. The van der Waals surface area contributed by atoms with Crippen molar-refractivity contribution in [3.63, 3.8) is 0 Å². The van der Waals surface area contributed by atoms with Crippen LogP contribution in [0.5, 0.6) is 5.75 Å². The number of Topliss-reactive ketones (excluding diaryl/α,β-unsaturated/α-hetero) is 1. The van der Waals surface area contributed by atoms with Crippen LogP contribution in [0, 0.1) is 20.8 Å². The highest BCUT2D eigenvalue weighted by Gasteiger charge is 2.20. The van der Waals surface area contributed by atoms with Crippen LogP contribution in [0.3, 0.4) is 0 Å². The summed E-state index contributed by atoms with van der Waals surface area (Å²) in [6, 6.07) is 21.5. The van der Waals surface area contributed by atoms with Crippen molar-refractivity contribution in [1.82, 2.24) is 4.57 Å². The molecule has 5 aromatic rings. The molecule has 0 fully saturated rings. The van der Waals surface area contributed by atoms with E-state index in [1.54, 1.807) is 0 Å². The minimum absolute atomic E-state index is 0.0883. The molecule has 0 radical (unpaired) electrons. The predicted molar refractivity (Wildman–Crippen MR) is 139 cm³/mol. The molecule has 5 rings (SSSR count). The number of hydrogen-bond acceptors (Lipinski definition) is 4. The van der Waals surface area contributed by atoms with Crippen molar-refractivity contribution in [2.75, 3.05) is 6.61 Å². The van der Waals surface area contributed by atoms with Gasteiger partial charge < -0.3 is 13.7 Å². The van der Waals surface area contributed by atoms with Crippen LogP contribution in [-0.2, 0) is 13.5 Å². The van der Waals surface area contributed by atoms with E-state index in [9.17, 15) is 9.59 Å². The molecule has 0 N–H and O–H groups in total. The molecule has 0 unspecified atom stereocenters. The van der Waals surface area contributed by atoms with Crippen LogP contribution in [0.25, 0.3) is 21.9 Å². The van der Waals surface area contributed by atoms with Gasteiger partial charge in [-0.25, -0.2) is 4.79 Å². The third kappa shape index (κ3) is 3.93. The number of fused-ring (bicyclic) bond motifs is 2. The van der Waals surface area contributed by atoms with E-state index in [4.69, 9.17) is 9.15 Å². The van der Waals surface area contributed by atoms with Gasteiger partial charge in [0.2, 0.25) is 5.78 Å². The molecule has 3 aromatic carbocycles. The number of para-hydroxylation sites is 1. The molecule has 5 heteroatoms. The third-order valence-corrected chi connectivity index (χ3v) is 6.92. The summed E-state index contributed by atoms with van der Waals surface area (Å²) in [6.07, 6.45) is 0.515. The number of benzene rings is 3. The normalized spacial score (nSPS) is 11.3. The summed E-state index contributed by atoms with van der Waals surface area (Å²) in [5.41, 5.74) is 6.06. The number of carbonyl (C=O) groups excluding carboxylic acids is 1. The van der Waals surface area contributed by atoms with Gasteiger partial charge in [-0.3, -0.25) is 4.79 Å². The van der Waals surface area contributed by atoms with E-state index in [-0.39, 0.29) is 18.0 Å². The van der Waals surface area contributed by atoms with Crippen molar-refractivity contribution in [3.05, 3.63) is 111 Å². The number of aryl methyl sites for hydroxylation is 3. The number of carbonyl (C=O) groups is 1. The monoisotopic (exact) mass is 465 g/mol. The molecule has 0 bridgehead atoms. The van der Waals surface area contributed by atoms with Gasteiger partial charge in [-0.15, -0.1) is 0 Å². The average molecular weight is 466 g/mol. The minimum atomic E-state index is -0.346. The highest BCUT2D eigenvalue weighted by molar-refractivity contribution is 6.10.